The second kappa shape index (κ2) is 8.52. The van der Waals surface area contributed by atoms with E-state index in [-0.39, 0.29) is 22.8 Å². The maximum atomic E-state index is 12.1. The molecule has 144 valence electrons. The van der Waals surface area contributed by atoms with E-state index in [9.17, 15) is 14.4 Å². The summed E-state index contributed by atoms with van der Waals surface area (Å²) in [4.78, 5) is 36.3. The number of hydrogen-bond donors (Lipinski definition) is 1. The van der Waals surface area contributed by atoms with E-state index in [1.807, 2.05) is 31.2 Å². The Hall–Kier alpha value is -3.41. The number of hydrogen-bond acceptors (Lipinski definition) is 5. The van der Waals surface area contributed by atoms with Gasteiger partial charge in [0.1, 0.15) is 5.58 Å². The second-order valence-electron chi connectivity index (χ2n) is 6.43. The largest absolute Gasteiger partial charge is 0.450 e. The van der Waals surface area contributed by atoms with E-state index in [1.165, 1.54) is 5.56 Å². The molecule has 3 aromatic rings. The number of ether oxygens (including phenoxy) is 1. The number of amides is 1. The molecule has 0 aliphatic carbocycles. The van der Waals surface area contributed by atoms with Crippen molar-refractivity contribution < 1.29 is 18.7 Å². The average molecular weight is 379 g/mol. The van der Waals surface area contributed by atoms with Gasteiger partial charge >= 0.3 is 5.97 Å². The van der Waals surface area contributed by atoms with Crippen LogP contribution in [0, 0.1) is 0 Å². The Morgan fingerprint density at radius 1 is 1.11 bits per heavy atom. The zero-order chi connectivity index (χ0) is 20.1. The third kappa shape index (κ3) is 4.46. The van der Waals surface area contributed by atoms with E-state index < -0.39 is 18.5 Å². The Kier molecular flexibility index (Phi) is 5.89. The minimum absolute atomic E-state index is 0.226. The molecule has 3 rings (SSSR count). The summed E-state index contributed by atoms with van der Waals surface area (Å²) in [7, 11) is 0. The van der Waals surface area contributed by atoms with Gasteiger partial charge in [-0.05, 0) is 36.6 Å². The topological polar surface area (TPSA) is 85.6 Å². The van der Waals surface area contributed by atoms with E-state index in [2.05, 4.69) is 12.2 Å². The van der Waals surface area contributed by atoms with Gasteiger partial charge in [-0.3, -0.25) is 9.59 Å². The molecule has 1 amide bonds. The van der Waals surface area contributed by atoms with E-state index in [4.69, 9.17) is 9.15 Å². The smallest absolute Gasteiger partial charge is 0.374 e. The maximum Gasteiger partial charge on any atom is 0.374 e. The van der Waals surface area contributed by atoms with Crippen molar-refractivity contribution in [3.63, 3.8) is 0 Å². The Morgan fingerprint density at radius 3 is 2.54 bits per heavy atom. The van der Waals surface area contributed by atoms with Gasteiger partial charge in [-0.1, -0.05) is 43.3 Å². The Labute approximate surface area is 162 Å². The zero-order valence-corrected chi connectivity index (χ0v) is 15.7. The quantitative estimate of drug-likeness (QED) is 0.664. The van der Waals surface area contributed by atoms with Crippen molar-refractivity contribution in [3.05, 3.63) is 81.7 Å². The van der Waals surface area contributed by atoms with Gasteiger partial charge in [-0.25, -0.2) is 4.79 Å². The molecule has 2 aromatic carbocycles. The number of nitrogens with one attached hydrogen (secondary N) is 1. The van der Waals surface area contributed by atoms with Crippen molar-refractivity contribution in [1.29, 1.82) is 0 Å². The summed E-state index contributed by atoms with van der Waals surface area (Å²) < 4.78 is 10.4. The molecule has 0 aliphatic rings. The summed E-state index contributed by atoms with van der Waals surface area (Å²) in [5.74, 6) is -1.54. The molecular formula is C22H21NO5. The fraction of sp³-hybridized carbons (Fsp3) is 0.227. The molecule has 1 unspecified atom stereocenters. The van der Waals surface area contributed by atoms with Crippen LogP contribution in [-0.4, -0.2) is 18.5 Å². The molecule has 0 radical (unpaired) electrons. The molecule has 28 heavy (non-hydrogen) atoms. The third-order valence-electron chi connectivity index (χ3n) is 4.44. The van der Waals surface area contributed by atoms with E-state index >= 15 is 0 Å². The molecule has 6 nitrogen and oxygen atoms in total. The van der Waals surface area contributed by atoms with Gasteiger partial charge in [-0.2, -0.15) is 0 Å². The zero-order valence-electron chi connectivity index (χ0n) is 15.7. The van der Waals surface area contributed by atoms with Crippen LogP contribution in [0.5, 0.6) is 0 Å². The minimum Gasteiger partial charge on any atom is -0.450 e. The van der Waals surface area contributed by atoms with E-state index in [0.717, 1.165) is 18.1 Å². The maximum absolute atomic E-state index is 12.1. The lowest BCUT2D eigenvalue weighted by atomic mass is 10.1. The highest BCUT2D eigenvalue weighted by Crippen LogP contribution is 2.14. The summed E-state index contributed by atoms with van der Waals surface area (Å²) in [6, 6.07) is 15.4. The molecule has 1 aromatic heterocycles. The first-order valence-corrected chi connectivity index (χ1v) is 9.06. The van der Waals surface area contributed by atoms with E-state index in [0.29, 0.717) is 5.39 Å². The van der Waals surface area contributed by atoms with Gasteiger partial charge in [0.15, 0.2) is 12.0 Å². The Bertz CT molecular complexity index is 1050. The van der Waals surface area contributed by atoms with Gasteiger partial charge in [0, 0.05) is 6.07 Å². The predicted octanol–water partition coefficient (Wildman–Crippen LogP) is 3.39. The fourth-order valence-corrected chi connectivity index (χ4v) is 2.82. The molecule has 0 fully saturated rings. The third-order valence-corrected chi connectivity index (χ3v) is 4.44. The van der Waals surface area contributed by atoms with Crippen molar-refractivity contribution in [3.8, 4) is 0 Å². The van der Waals surface area contributed by atoms with Gasteiger partial charge < -0.3 is 14.5 Å². The fourth-order valence-electron chi connectivity index (χ4n) is 2.82. The number of carbonyl (C=O) groups is 2. The van der Waals surface area contributed by atoms with Crippen molar-refractivity contribution in [1.82, 2.24) is 5.32 Å². The van der Waals surface area contributed by atoms with Crippen molar-refractivity contribution in [2.75, 3.05) is 6.61 Å². The van der Waals surface area contributed by atoms with Gasteiger partial charge in [0.05, 0.1) is 11.4 Å². The SMILES string of the molecule is CCc1ccc(C(C)NC(=O)COC(=O)c2cc(=O)c3ccccc3o2)cc1. The second-order valence-corrected chi connectivity index (χ2v) is 6.43. The van der Waals surface area contributed by atoms with Gasteiger partial charge in [0.2, 0.25) is 5.76 Å². The lowest BCUT2D eigenvalue weighted by Crippen LogP contribution is -2.31. The van der Waals surface area contributed by atoms with Crippen LogP contribution in [0.25, 0.3) is 11.0 Å². The number of para-hydroxylation sites is 1. The summed E-state index contributed by atoms with van der Waals surface area (Å²) >= 11 is 0. The number of benzene rings is 2. The molecular weight excluding hydrogens is 358 g/mol. The molecule has 1 heterocycles. The normalized spacial score (nSPS) is 11.8. The summed E-state index contributed by atoms with van der Waals surface area (Å²) in [6.45, 7) is 3.46. The first-order valence-electron chi connectivity index (χ1n) is 9.06. The van der Waals surface area contributed by atoms with Crippen LogP contribution in [0.3, 0.4) is 0 Å². The van der Waals surface area contributed by atoms with Crippen LogP contribution in [-0.2, 0) is 16.0 Å². The minimum atomic E-state index is -0.863. The monoisotopic (exact) mass is 379 g/mol. The summed E-state index contributed by atoms with van der Waals surface area (Å²) in [5.41, 5.74) is 2.11. The molecule has 6 heteroatoms. The first kappa shape index (κ1) is 19.4. The highest BCUT2D eigenvalue weighted by molar-refractivity contribution is 5.90. The summed E-state index contributed by atoms with van der Waals surface area (Å²) in [6.07, 6.45) is 0.946. The molecule has 0 aliphatic heterocycles. The number of esters is 1. The van der Waals surface area contributed by atoms with E-state index in [1.54, 1.807) is 24.3 Å². The highest BCUT2D eigenvalue weighted by Gasteiger charge is 2.16. The van der Waals surface area contributed by atoms with Crippen molar-refractivity contribution >= 4 is 22.8 Å². The lowest BCUT2D eigenvalue weighted by molar-refractivity contribution is -0.124. The van der Waals surface area contributed by atoms with Crippen LogP contribution < -0.4 is 10.7 Å². The molecule has 0 bridgehead atoms. The molecule has 0 saturated carbocycles. The predicted molar refractivity (Wildman–Crippen MR) is 105 cm³/mol. The van der Waals surface area contributed by atoms with Crippen molar-refractivity contribution in [2.45, 2.75) is 26.3 Å². The lowest BCUT2D eigenvalue weighted by Gasteiger charge is -2.14. The average Bonchev–Trinajstić information content (AvgIpc) is 2.72. The van der Waals surface area contributed by atoms with Gasteiger partial charge in [-0.15, -0.1) is 0 Å². The Morgan fingerprint density at radius 2 is 1.82 bits per heavy atom. The molecule has 1 atom stereocenters. The van der Waals surface area contributed by atoms with Crippen LogP contribution in [0.15, 0.2) is 63.8 Å². The number of fused-ring (bicyclic) bond motifs is 1. The number of carbonyl (C=O) groups excluding carboxylic acids is 2. The van der Waals surface area contributed by atoms with Gasteiger partial charge in [0.25, 0.3) is 5.91 Å². The number of aryl methyl sites for hydroxylation is 1. The first-order chi connectivity index (χ1) is 13.5. The van der Waals surface area contributed by atoms with Crippen LogP contribution >= 0.6 is 0 Å². The standard InChI is InChI=1S/C22H21NO5/c1-3-15-8-10-16(11-9-15)14(2)23-21(25)13-27-22(26)20-12-18(24)17-6-4-5-7-19(17)28-20/h4-12,14H,3,13H2,1-2H3,(H,23,25). The number of rotatable bonds is 6. The Balaban J connectivity index is 1.59. The molecule has 1 N–H and O–H groups in total. The molecule has 0 saturated heterocycles. The van der Waals surface area contributed by atoms with Crippen molar-refractivity contribution in [2.24, 2.45) is 0 Å². The molecule has 0 spiro atoms. The highest BCUT2D eigenvalue weighted by atomic mass is 16.5. The van der Waals surface area contributed by atoms with Crippen LogP contribution in [0.1, 0.15) is 41.6 Å². The van der Waals surface area contributed by atoms with Crippen LogP contribution in [0.4, 0.5) is 0 Å². The van der Waals surface area contributed by atoms with Crippen LogP contribution in [0.2, 0.25) is 0 Å². The summed E-state index contributed by atoms with van der Waals surface area (Å²) in [5, 5.41) is 3.15.